The first-order valence-corrected chi connectivity index (χ1v) is 7.48. The van der Waals surface area contributed by atoms with Gasteiger partial charge in [-0.1, -0.05) is 12.1 Å². The Bertz CT molecular complexity index is 438. The number of rotatable bonds is 7. The van der Waals surface area contributed by atoms with E-state index in [9.17, 15) is 5.11 Å². The summed E-state index contributed by atoms with van der Waals surface area (Å²) in [7, 11) is 0. The van der Waals surface area contributed by atoms with Gasteiger partial charge in [0, 0.05) is 30.9 Å². The van der Waals surface area contributed by atoms with E-state index >= 15 is 0 Å². The molecular weight excluding hydrogens is 236 g/mol. The van der Waals surface area contributed by atoms with Crippen molar-refractivity contribution in [1.82, 2.24) is 5.32 Å². The average Bonchev–Trinajstić information content (AvgIpc) is 3.28. The summed E-state index contributed by atoms with van der Waals surface area (Å²) in [6.45, 7) is 4.16. The predicted octanol–water partition coefficient (Wildman–Crippen LogP) is 2.21. The zero-order valence-corrected chi connectivity index (χ0v) is 11.7. The maximum Gasteiger partial charge on any atom is 0.0606 e. The lowest BCUT2D eigenvalue weighted by molar-refractivity contribution is 0.301. The van der Waals surface area contributed by atoms with Gasteiger partial charge in [0.25, 0.3) is 0 Å². The fourth-order valence-electron chi connectivity index (χ4n) is 2.69. The van der Waals surface area contributed by atoms with Crippen LogP contribution in [0.4, 0.5) is 5.69 Å². The van der Waals surface area contributed by atoms with Gasteiger partial charge in [0.05, 0.1) is 6.61 Å². The van der Waals surface area contributed by atoms with E-state index in [0.717, 1.165) is 19.1 Å². The zero-order valence-electron chi connectivity index (χ0n) is 11.7. The molecule has 2 aliphatic rings. The van der Waals surface area contributed by atoms with Crippen molar-refractivity contribution in [2.24, 2.45) is 0 Å². The summed E-state index contributed by atoms with van der Waals surface area (Å²) in [5.74, 6) is 0. The SMILES string of the molecule is Cc1cc(CNC2CC2)ccc1N(CCO)C1CC1. The minimum atomic E-state index is 0.237. The molecule has 2 saturated carbocycles. The highest BCUT2D eigenvalue weighted by atomic mass is 16.3. The van der Waals surface area contributed by atoms with Crippen LogP contribution in [-0.4, -0.2) is 30.3 Å². The van der Waals surface area contributed by atoms with Gasteiger partial charge < -0.3 is 15.3 Å². The van der Waals surface area contributed by atoms with Crippen LogP contribution in [0.1, 0.15) is 36.8 Å². The van der Waals surface area contributed by atoms with Crippen LogP contribution in [0.3, 0.4) is 0 Å². The standard InChI is InChI=1S/C16H24N2O/c1-12-10-13(11-17-14-3-4-14)2-7-16(12)18(8-9-19)15-5-6-15/h2,7,10,14-15,17,19H,3-6,8-9,11H2,1H3. The molecule has 3 heteroatoms. The van der Waals surface area contributed by atoms with E-state index in [1.54, 1.807) is 0 Å². The Labute approximate surface area is 115 Å². The van der Waals surface area contributed by atoms with Crippen LogP contribution in [0.2, 0.25) is 0 Å². The van der Waals surface area contributed by atoms with Crippen molar-refractivity contribution in [2.75, 3.05) is 18.1 Å². The summed E-state index contributed by atoms with van der Waals surface area (Å²) in [5.41, 5.74) is 4.00. The molecule has 2 aliphatic carbocycles. The molecule has 0 bridgehead atoms. The first kappa shape index (κ1) is 12.9. The smallest absolute Gasteiger partial charge is 0.0606 e. The van der Waals surface area contributed by atoms with Gasteiger partial charge in [0.15, 0.2) is 0 Å². The molecule has 0 amide bonds. The molecule has 1 aromatic carbocycles. The molecule has 2 fully saturated rings. The molecule has 0 saturated heterocycles. The van der Waals surface area contributed by atoms with Crippen LogP contribution < -0.4 is 10.2 Å². The van der Waals surface area contributed by atoms with Crippen LogP contribution in [0.15, 0.2) is 18.2 Å². The quantitative estimate of drug-likeness (QED) is 0.789. The van der Waals surface area contributed by atoms with Crippen LogP contribution in [0.5, 0.6) is 0 Å². The van der Waals surface area contributed by atoms with E-state index in [4.69, 9.17) is 0 Å². The molecule has 3 nitrogen and oxygen atoms in total. The second kappa shape index (κ2) is 5.51. The number of aliphatic hydroxyl groups is 1. The molecule has 0 unspecified atom stereocenters. The van der Waals surface area contributed by atoms with Crippen LogP contribution in [0.25, 0.3) is 0 Å². The molecule has 1 aromatic rings. The van der Waals surface area contributed by atoms with Gasteiger partial charge in [-0.2, -0.15) is 0 Å². The Morgan fingerprint density at radius 2 is 2.05 bits per heavy atom. The van der Waals surface area contributed by atoms with Crippen molar-refractivity contribution in [3.63, 3.8) is 0 Å². The number of aliphatic hydroxyl groups excluding tert-OH is 1. The van der Waals surface area contributed by atoms with E-state index in [2.05, 4.69) is 35.3 Å². The molecule has 0 aliphatic heterocycles. The number of aryl methyl sites for hydroxylation is 1. The van der Waals surface area contributed by atoms with E-state index < -0.39 is 0 Å². The van der Waals surface area contributed by atoms with Crippen LogP contribution in [-0.2, 0) is 6.54 Å². The van der Waals surface area contributed by atoms with Crippen molar-refractivity contribution in [3.05, 3.63) is 29.3 Å². The molecule has 0 radical (unpaired) electrons. The molecule has 0 aromatic heterocycles. The molecule has 0 atom stereocenters. The third kappa shape index (κ3) is 3.28. The Morgan fingerprint density at radius 1 is 1.26 bits per heavy atom. The monoisotopic (exact) mass is 260 g/mol. The number of hydrogen-bond donors (Lipinski definition) is 2. The van der Waals surface area contributed by atoms with Crippen LogP contribution in [0, 0.1) is 6.92 Å². The van der Waals surface area contributed by atoms with Gasteiger partial charge in [0.2, 0.25) is 0 Å². The first-order chi connectivity index (χ1) is 9.28. The van der Waals surface area contributed by atoms with E-state index in [1.165, 1.54) is 42.5 Å². The summed E-state index contributed by atoms with van der Waals surface area (Å²) >= 11 is 0. The minimum absolute atomic E-state index is 0.237. The van der Waals surface area contributed by atoms with E-state index in [1.807, 2.05) is 0 Å². The predicted molar refractivity (Wildman–Crippen MR) is 78.5 cm³/mol. The van der Waals surface area contributed by atoms with E-state index in [-0.39, 0.29) is 6.61 Å². The summed E-state index contributed by atoms with van der Waals surface area (Å²) in [5, 5.41) is 12.8. The number of hydrogen-bond acceptors (Lipinski definition) is 3. The van der Waals surface area contributed by atoms with Gasteiger partial charge in [-0.15, -0.1) is 0 Å². The maximum absolute atomic E-state index is 9.22. The van der Waals surface area contributed by atoms with Crippen molar-refractivity contribution >= 4 is 5.69 Å². The Balaban J connectivity index is 1.69. The topological polar surface area (TPSA) is 35.5 Å². The largest absolute Gasteiger partial charge is 0.395 e. The van der Waals surface area contributed by atoms with Gasteiger partial charge in [-0.25, -0.2) is 0 Å². The van der Waals surface area contributed by atoms with Gasteiger partial charge >= 0.3 is 0 Å². The zero-order chi connectivity index (χ0) is 13.2. The Morgan fingerprint density at radius 3 is 2.63 bits per heavy atom. The fourth-order valence-corrected chi connectivity index (χ4v) is 2.69. The molecule has 2 N–H and O–H groups in total. The lowest BCUT2D eigenvalue weighted by Gasteiger charge is -2.26. The minimum Gasteiger partial charge on any atom is -0.395 e. The van der Waals surface area contributed by atoms with Crippen molar-refractivity contribution < 1.29 is 5.11 Å². The number of nitrogens with zero attached hydrogens (tertiary/aromatic N) is 1. The second-order valence-corrected chi connectivity index (χ2v) is 5.92. The normalized spacial score (nSPS) is 18.6. The molecule has 0 spiro atoms. The lowest BCUT2D eigenvalue weighted by Crippen LogP contribution is -2.29. The van der Waals surface area contributed by atoms with E-state index in [0.29, 0.717) is 6.04 Å². The van der Waals surface area contributed by atoms with Gasteiger partial charge in [-0.3, -0.25) is 0 Å². The third-order valence-corrected chi connectivity index (χ3v) is 4.07. The van der Waals surface area contributed by atoms with Crippen LogP contribution >= 0.6 is 0 Å². The maximum atomic E-state index is 9.22. The molecule has 104 valence electrons. The van der Waals surface area contributed by atoms with Gasteiger partial charge in [-0.05, 0) is 49.8 Å². The first-order valence-electron chi connectivity index (χ1n) is 7.48. The highest BCUT2D eigenvalue weighted by Crippen LogP contribution is 2.33. The second-order valence-electron chi connectivity index (χ2n) is 5.92. The summed E-state index contributed by atoms with van der Waals surface area (Å²) < 4.78 is 0. The van der Waals surface area contributed by atoms with Crippen molar-refractivity contribution in [1.29, 1.82) is 0 Å². The lowest BCUT2D eigenvalue weighted by atomic mass is 10.1. The van der Waals surface area contributed by atoms with Gasteiger partial charge in [0.1, 0.15) is 0 Å². The highest BCUT2D eigenvalue weighted by molar-refractivity contribution is 5.56. The summed E-state index contributed by atoms with van der Waals surface area (Å²) in [6, 6.07) is 8.16. The molecule has 19 heavy (non-hydrogen) atoms. The van der Waals surface area contributed by atoms with Crippen molar-refractivity contribution in [3.8, 4) is 0 Å². The Hall–Kier alpha value is -1.06. The summed E-state index contributed by atoms with van der Waals surface area (Å²) in [4.78, 5) is 2.37. The number of benzene rings is 1. The molecule has 0 heterocycles. The Kier molecular flexibility index (Phi) is 3.76. The summed E-state index contributed by atoms with van der Waals surface area (Å²) in [6.07, 6.45) is 5.21. The average molecular weight is 260 g/mol. The highest BCUT2D eigenvalue weighted by Gasteiger charge is 2.29. The number of nitrogens with one attached hydrogen (secondary N) is 1. The molecule has 3 rings (SSSR count). The third-order valence-electron chi connectivity index (χ3n) is 4.07. The fraction of sp³-hybridized carbons (Fsp3) is 0.625. The van der Waals surface area contributed by atoms with Crippen molar-refractivity contribution in [2.45, 2.75) is 51.2 Å². The molecular formula is C16H24N2O. The number of anilines is 1.